The highest BCUT2D eigenvalue weighted by Gasteiger charge is 2.07. The predicted molar refractivity (Wildman–Crippen MR) is 104 cm³/mol. The molecule has 7 heteroatoms. The van der Waals surface area contributed by atoms with Gasteiger partial charge in [-0.3, -0.25) is 9.78 Å². The standard InChI is InChI=1S/C19H21N3O3S/c23-16(14-4-2-1-3-5-14)12-20-11-10-13-6-8-15(9-7-13)21-18-17(24)22-19(25)26-18/h1-9,16,20-21,23-24H,10-12H2,(H,22,25)/t16-/m0/s1. The summed E-state index contributed by atoms with van der Waals surface area (Å²) >= 11 is 0.925. The van der Waals surface area contributed by atoms with Crippen LogP contribution in [0.15, 0.2) is 59.4 Å². The third-order valence-electron chi connectivity index (χ3n) is 3.95. The third kappa shape index (κ3) is 4.95. The Morgan fingerprint density at radius 2 is 1.81 bits per heavy atom. The second-order valence-electron chi connectivity index (χ2n) is 5.89. The Kier molecular flexibility index (Phi) is 6.06. The zero-order chi connectivity index (χ0) is 18.4. The van der Waals surface area contributed by atoms with Crippen LogP contribution in [0.1, 0.15) is 17.2 Å². The molecule has 0 aliphatic carbocycles. The molecule has 5 N–H and O–H groups in total. The number of aromatic hydroxyl groups is 1. The summed E-state index contributed by atoms with van der Waals surface area (Å²) in [6.45, 7) is 1.27. The van der Waals surface area contributed by atoms with Crippen molar-refractivity contribution in [1.29, 1.82) is 0 Å². The quantitative estimate of drug-likeness (QED) is 0.392. The van der Waals surface area contributed by atoms with Gasteiger partial charge in [0.25, 0.3) is 0 Å². The van der Waals surface area contributed by atoms with Gasteiger partial charge < -0.3 is 20.8 Å². The van der Waals surface area contributed by atoms with Crippen LogP contribution in [0.5, 0.6) is 5.88 Å². The summed E-state index contributed by atoms with van der Waals surface area (Å²) in [5, 5.41) is 26.4. The molecular formula is C19H21N3O3S. The molecule has 1 atom stereocenters. The Balaban J connectivity index is 1.44. The van der Waals surface area contributed by atoms with E-state index in [1.54, 1.807) is 0 Å². The first-order valence-corrected chi connectivity index (χ1v) is 9.15. The van der Waals surface area contributed by atoms with Gasteiger partial charge in [-0.05, 0) is 36.2 Å². The van der Waals surface area contributed by atoms with E-state index in [2.05, 4.69) is 15.6 Å². The van der Waals surface area contributed by atoms with E-state index in [0.29, 0.717) is 11.5 Å². The van der Waals surface area contributed by atoms with E-state index in [4.69, 9.17) is 0 Å². The minimum Gasteiger partial charge on any atom is -0.492 e. The summed E-state index contributed by atoms with van der Waals surface area (Å²) in [5.74, 6) is -0.148. The number of H-pyrrole nitrogens is 1. The summed E-state index contributed by atoms with van der Waals surface area (Å²) in [6, 6.07) is 17.4. The molecule has 0 spiro atoms. The molecule has 0 bridgehead atoms. The molecule has 6 nitrogen and oxygen atoms in total. The molecule has 0 radical (unpaired) electrons. The van der Waals surface area contributed by atoms with Crippen molar-refractivity contribution < 1.29 is 10.2 Å². The fourth-order valence-electron chi connectivity index (χ4n) is 2.56. The zero-order valence-electron chi connectivity index (χ0n) is 14.1. The van der Waals surface area contributed by atoms with Gasteiger partial charge in [-0.25, -0.2) is 0 Å². The average molecular weight is 371 g/mol. The lowest BCUT2D eigenvalue weighted by molar-refractivity contribution is 0.175. The summed E-state index contributed by atoms with van der Waals surface area (Å²) in [7, 11) is 0. The van der Waals surface area contributed by atoms with Gasteiger partial charge in [0.15, 0.2) is 5.00 Å². The van der Waals surface area contributed by atoms with Gasteiger partial charge >= 0.3 is 4.87 Å². The van der Waals surface area contributed by atoms with Gasteiger partial charge in [-0.15, -0.1) is 0 Å². The van der Waals surface area contributed by atoms with Crippen LogP contribution in [0.2, 0.25) is 0 Å². The van der Waals surface area contributed by atoms with Crippen molar-refractivity contribution in [1.82, 2.24) is 10.3 Å². The predicted octanol–water partition coefficient (Wildman–Crippen LogP) is 2.75. The van der Waals surface area contributed by atoms with E-state index < -0.39 is 6.10 Å². The minimum absolute atomic E-state index is 0.148. The van der Waals surface area contributed by atoms with E-state index in [-0.39, 0.29) is 10.8 Å². The molecule has 1 aromatic heterocycles. The topological polar surface area (TPSA) is 97.4 Å². The number of hydrogen-bond acceptors (Lipinski definition) is 6. The SMILES string of the molecule is O=c1[nH]c(O)c(Nc2ccc(CCNC[C@H](O)c3ccccc3)cc2)s1. The highest BCUT2D eigenvalue weighted by molar-refractivity contribution is 7.13. The van der Waals surface area contributed by atoms with Crippen molar-refractivity contribution in [3.63, 3.8) is 0 Å². The molecule has 0 aliphatic heterocycles. The van der Waals surface area contributed by atoms with Crippen molar-refractivity contribution in [2.24, 2.45) is 0 Å². The van der Waals surface area contributed by atoms with Crippen LogP contribution >= 0.6 is 11.3 Å². The Morgan fingerprint density at radius 1 is 1.08 bits per heavy atom. The van der Waals surface area contributed by atoms with Crippen molar-refractivity contribution >= 4 is 22.0 Å². The average Bonchev–Trinajstić information content (AvgIpc) is 2.97. The maximum absolute atomic E-state index is 11.2. The van der Waals surface area contributed by atoms with Crippen molar-refractivity contribution in [3.05, 3.63) is 75.4 Å². The normalized spacial score (nSPS) is 12.0. The van der Waals surface area contributed by atoms with E-state index >= 15 is 0 Å². The Hall–Kier alpha value is -2.61. The molecule has 0 fully saturated rings. The smallest absolute Gasteiger partial charge is 0.309 e. The molecular weight excluding hydrogens is 350 g/mol. The van der Waals surface area contributed by atoms with Gasteiger partial charge in [0.2, 0.25) is 5.88 Å². The molecule has 26 heavy (non-hydrogen) atoms. The number of aromatic nitrogens is 1. The van der Waals surface area contributed by atoms with Crippen molar-refractivity contribution in [3.8, 4) is 5.88 Å². The van der Waals surface area contributed by atoms with Crippen molar-refractivity contribution in [2.75, 3.05) is 18.4 Å². The number of aliphatic hydroxyl groups is 1. The van der Waals surface area contributed by atoms with Crippen LogP contribution in [0, 0.1) is 0 Å². The molecule has 0 aliphatic rings. The summed E-state index contributed by atoms with van der Waals surface area (Å²) in [6.07, 6.45) is 0.328. The van der Waals surface area contributed by atoms with Gasteiger partial charge in [0, 0.05) is 12.2 Å². The van der Waals surface area contributed by atoms with Gasteiger partial charge in [-0.2, -0.15) is 0 Å². The van der Waals surface area contributed by atoms with Crippen LogP contribution in [-0.2, 0) is 6.42 Å². The molecule has 0 saturated carbocycles. The largest absolute Gasteiger partial charge is 0.492 e. The molecule has 136 valence electrons. The third-order valence-corrected chi connectivity index (χ3v) is 4.74. The number of thiazole rings is 1. The summed E-state index contributed by atoms with van der Waals surface area (Å²) < 4.78 is 0. The monoisotopic (exact) mass is 371 g/mol. The second-order valence-corrected chi connectivity index (χ2v) is 6.88. The Bertz CT molecular complexity index is 875. The first-order chi connectivity index (χ1) is 12.6. The van der Waals surface area contributed by atoms with Crippen LogP contribution < -0.4 is 15.5 Å². The molecule has 0 saturated heterocycles. The fraction of sp³-hybridized carbons (Fsp3) is 0.211. The summed E-state index contributed by atoms with van der Waals surface area (Å²) in [4.78, 5) is 13.2. The van der Waals surface area contributed by atoms with Crippen LogP contribution in [0.3, 0.4) is 0 Å². The number of hydrogen-bond donors (Lipinski definition) is 5. The number of anilines is 2. The lowest BCUT2D eigenvalue weighted by Gasteiger charge is -2.12. The zero-order valence-corrected chi connectivity index (χ0v) is 14.9. The van der Waals surface area contributed by atoms with E-state index in [9.17, 15) is 15.0 Å². The van der Waals surface area contributed by atoms with Crippen LogP contribution in [-0.4, -0.2) is 28.3 Å². The molecule has 3 aromatic rings. The summed E-state index contributed by atoms with van der Waals surface area (Å²) in [5.41, 5.74) is 2.86. The van der Waals surface area contributed by atoms with E-state index in [0.717, 1.165) is 41.1 Å². The lowest BCUT2D eigenvalue weighted by Crippen LogP contribution is -2.23. The lowest BCUT2D eigenvalue weighted by atomic mass is 10.1. The number of aromatic amines is 1. The highest BCUT2D eigenvalue weighted by atomic mass is 32.1. The molecule has 2 aromatic carbocycles. The van der Waals surface area contributed by atoms with Crippen LogP contribution in [0.25, 0.3) is 0 Å². The molecule has 1 heterocycles. The van der Waals surface area contributed by atoms with E-state index in [1.807, 2.05) is 54.6 Å². The molecule has 0 unspecified atom stereocenters. The Morgan fingerprint density at radius 3 is 2.46 bits per heavy atom. The highest BCUT2D eigenvalue weighted by Crippen LogP contribution is 2.27. The molecule has 0 amide bonds. The molecule has 3 rings (SSSR count). The number of aliphatic hydroxyl groups excluding tert-OH is 1. The van der Waals surface area contributed by atoms with Gasteiger partial charge in [0.1, 0.15) is 0 Å². The van der Waals surface area contributed by atoms with Crippen molar-refractivity contribution in [2.45, 2.75) is 12.5 Å². The number of nitrogens with one attached hydrogen (secondary N) is 3. The number of rotatable bonds is 8. The maximum Gasteiger partial charge on any atom is 0.309 e. The van der Waals surface area contributed by atoms with Gasteiger partial charge in [-0.1, -0.05) is 53.8 Å². The minimum atomic E-state index is -0.510. The van der Waals surface area contributed by atoms with Crippen LogP contribution in [0.4, 0.5) is 10.7 Å². The van der Waals surface area contributed by atoms with E-state index in [1.165, 1.54) is 0 Å². The van der Waals surface area contributed by atoms with Gasteiger partial charge in [0.05, 0.1) is 6.10 Å². The number of benzene rings is 2. The maximum atomic E-state index is 11.2. The first-order valence-electron chi connectivity index (χ1n) is 8.33. The second kappa shape index (κ2) is 8.66. The Labute approximate surface area is 155 Å². The fourth-order valence-corrected chi connectivity index (χ4v) is 3.20. The first kappa shape index (κ1) is 18.2.